The molecule has 0 atom stereocenters. The zero-order valence-electron chi connectivity index (χ0n) is 29.8. The minimum atomic E-state index is -0.215. The van der Waals surface area contributed by atoms with E-state index in [1.807, 2.05) is 18.3 Å². The quantitative estimate of drug-likeness (QED) is 0.174. The van der Waals surface area contributed by atoms with Crippen LogP contribution in [0.25, 0.3) is 71.7 Å². The Bertz CT molecular complexity index is 2760. The zero-order valence-corrected chi connectivity index (χ0v) is 29.8. The first kappa shape index (κ1) is 31.6. The van der Waals surface area contributed by atoms with Crippen LogP contribution in [-0.4, -0.2) is 28.8 Å². The van der Waals surface area contributed by atoms with Crippen LogP contribution < -0.4 is 9.47 Å². The smallest absolute Gasteiger partial charge is 0.137 e. The van der Waals surface area contributed by atoms with Gasteiger partial charge >= 0.3 is 0 Å². The number of pyridine rings is 1. The molecule has 0 saturated heterocycles. The van der Waals surface area contributed by atoms with Crippen molar-refractivity contribution in [2.75, 3.05) is 14.2 Å². The lowest BCUT2D eigenvalue weighted by Gasteiger charge is -2.26. The molecular formula is C47H39N3O2. The van der Waals surface area contributed by atoms with Crippen LogP contribution in [-0.2, 0) is 11.8 Å². The van der Waals surface area contributed by atoms with Crippen LogP contribution in [0, 0.1) is 0 Å². The number of para-hydroxylation sites is 1. The van der Waals surface area contributed by atoms with Crippen molar-refractivity contribution in [3.05, 3.63) is 157 Å². The Balaban J connectivity index is 1.20. The molecule has 5 heteroatoms. The van der Waals surface area contributed by atoms with Crippen molar-refractivity contribution in [3.8, 4) is 39.6 Å². The van der Waals surface area contributed by atoms with Crippen molar-refractivity contribution in [2.24, 2.45) is 0 Å². The summed E-state index contributed by atoms with van der Waals surface area (Å²) in [6.07, 6.45) is 2.80. The molecule has 0 spiro atoms. The molecule has 1 N–H and O–H groups in total. The number of rotatable bonds is 8. The Labute approximate surface area is 303 Å². The van der Waals surface area contributed by atoms with Crippen LogP contribution >= 0.6 is 0 Å². The summed E-state index contributed by atoms with van der Waals surface area (Å²) < 4.78 is 13.6. The molecule has 254 valence electrons. The maximum atomic E-state index is 5.73. The predicted molar refractivity (Wildman–Crippen MR) is 215 cm³/mol. The van der Waals surface area contributed by atoms with Gasteiger partial charge in [0.2, 0.25) is 0 Å². The van der Waals surface area contributed by atoms with E-state index in [0.29, 0.717) is 0 Å². The molecule has 0 radical (unpaired) electrons. The Morgan fingerprint density at radius 3 is 2.04 bits per heavy atom. The lowest BCUT2D eigenvalue weighted by Crippen LogP contribution is -2.21. The normalized spacial score (nSPS) is 11.9. The molecule has 0 amide bonds. The number of fused-ring (bicyclic) bond motifs is 6. The maximum Gasteiger partial charge on any atom is 0.137 e. The molecule has 0 aliphatic carbocycles. The highest BCUT2D eigenvalue weighted by Crippen LogP contribution is 2.41. The van der Waals surface area contributed by atoms with Gasteiger partial charge in [0.25, 0.3) is 0 Å². The van der Waals surface area contributed by atoms with Crippen molar-refractivity contribution in [1.29, 1.82) is 0 Å². The van der Waals surface area contributed by atoms with Gasteiger partial charge in [-0.2, -0.15) is 0 Å². The lowest BCUT2D eigenvalue weighted by molar-refractivity contribution is 0.415. The highest BCUT2D eigenvalue weighted by molar-refractivity contribution is 6.14. The fraction of sp³-hybridized carbons (Fsp3) is 0.128. The molecule has 9 rings (SSSR count). The maximum absolute atomic E-state index is 5.73. The Morgan fingerprint density at radius 1 is 0.615 bits per heavy atom. The van der Waals surface area contributed by atoms with E-state index < -0.39 is 0 Å². The number of hydrogen-bond acceptors (Lipinski definition) is 3. The van der Waals surface area contributed by atoms with Gasteiger partial charge in [-0.05, 0) is 82.6 Å². The Morgan fingerprint density at radius 2 is 1.31 bits per heavy atom. The molecule has 5 nitrogen and oxygen atoms in total. The van der Waals surface area contributed by atoms with E-state index in [0.717, 1.165) is 56.8 Å². The molecule has 3 heterocycles. The molecule has 6 aromatic carbocycles. The van der Waals surface area contributed by atoms with Crippen LogP contribution in [0.5, 0.6) is 11.5 Å². The molecule has 0 saturated carbocycles. The lowest BCUT2D eigenvalue weighted by atomic mass is 9.79. The molecule has 52 heavy (non-hydrogen) atoms. The number of H-pyrrole nitrogens is 1. The minimum absolute atomic E-state index is 0.215. The highest BCUT2D eigenvalue weighted by atomic mass is 16.5. The van der Waals surface area contributed by atoms with Gasteiger partial charge < -0.3 is 14.5 Å². The van der Waals surface area contributed by atoms with E-state index in [1.165, 1.54) is 44.0 Å². The monoisotopic (exact) mass is 677 g/mol. The highest BCUT2D eigenvalue weighted by Gasteiger charge is 2.25. The third-order valence-corrected chi connectivity index (χ3v) is 10.5. The van der Waals surface area contributed by atoms with Crippen molar-refractivity contribution < 1.29 is 9.47 Å². The molecule has 0 aliphatic rings. The topological polar surface area (TPSA) is 52.1 Å². The van der Waals surface area contributed by atoms with E-state index in [-0.39, 0.29) is 5.41 Å². The van der Waals surface area contributed by atoms with E-state index in [1.54, 1.807) is 14.2 Å². The van der Waals surface area contributed by atoms with Crippen molar-refractivity contribution in [2.45, 2.75) is 25.7 Å². The van der Waals surface area contributed by atoms with Gasteiger partial charge in [0.05, 0.1) is 36.3 Å². The first-order chi connectivity index (χ1) is 25.4. The summed E-state index contributed by atoms with van der Waals surface area (Å²) in [4.78, 5) is 8.76. The van der Waals surface area contributed by atoms with Gasteiger partial charge in [0, 0.05) is 51.0 Å². The summed E-state index contributed by atoms with van der Waals surface area (Å²) in [5.41, 5.74) is 11.4. The van der Waals surface area contributed by atoms with Crippen molar-refractivity contribution >= 4 is 43.6 Å². The van der Waals surface area contributed by atoms with E-state index in [9.17, 15) is 0 Å². The fourth-order valence-electron chi connectivity index (χ4n) is 7.96. The Kier molecular flexibility index (Phi) is 7.58. The summed E-state index contributed by atoms with van der Waals surface area (Å²) in [6, 6.07) is 49.6. The van der Waals surface area contributed by atoms with Gasteiger partial charge in [-0.15, -0.1) is 0 Å². The second kappa shape index (κ2) is 12.5. The van der Waals surface area contributed by atoms with Gasteiger partial charge in [-0.1, -0.05) is 92.7 Å². The largest absolute Gasteiger partial charge is 0.497 e. The molecule has 0 aliphatic heterocycles. The molecule has 0 bridgehead atoms. The Hall–Kier alpha value is -6.33. The minimum Gasteiger partial charge on any atom is -0.497 e. The van der Waals surface area contributed by atoms with Crippen molar-refractivity contribution in [1.82, 2.24) is 14.5 Å². The first-order valence-electron chi connectivity index (χ1n) is 17.7. The van der Waals surface area contributed by atoms with Gasteiger partial charge in [0.15, 0.2) is 0 Å². The first-order valence-corrected chi connectivity index (χ1v) is 17.7. The molecular weight excluding hydrogens is 639 g/mol. The van der Waals surface area contributed by atoms with Gasteiger partial charge in [0.1, 0.15) is 17.3 Å². The van der Waals surface area contributed by atoms with Crippen LogP contribution in [0.3, 0.4) is 0 Å². The number of hydrogen-bond donors (Lipinski definition) is 1. The number of nitrogens with zero attached hydrogens (tertiary/aromatic N) is 2. The number of nitrogens with one attached hydrogen (secondary N) is 1. The number of ether oxygens (including phenoxy) is 2. The van der Waals surface area contributed by atoms with E-state index in [4.69, 9.17) is 14.5 Å². The van der Waals surface area contributed by atoms with E-state index >= 15 is 0 Å². The third-order valence-electron chi connectivity index (χ3n) is 10.5. The summed E-state index contributed by atoms with van der Waals surface area (Å²) >= 11 is 0. The summed E-state index contributed by atoms with van der Waals surface area (Å²) in [5, 5.41) is 4.75. The second-order valence-electron chi connectivity index (χ2n) is 14.2. The van der Waals surface area contributed by atoms with Crippen molar-refractivity contribution in [3.63, 3.8) is 0 Å². The van der Waals surface area contributed by atoms with Gasteiger partial charge in [-0.3, -0.25) is 4.57 Å². The number of methoxy groups -OCH3 is 2. The predicted octanol–water partition coefficient (Wildman–Crippen LogP) is 11.7. The number of benzene rings is 6. The molecule has 9 aromatic rings. The van der Waals surface area contributed by atoms with E-state index in [2.05, 4.69) is 151 Å². The fourth-order valence-corrected chi connectivity index (χ4v) is 7.96. The average molecular weight is 678 g/mol. The SMILES string of the molecule is COc1ccc2c(c1)[nH]c1c(-c3ccccc3)cc(CC(C)(C)c3ccnc(-n4c5cc(OC)ccc5c5cccc(-c6ccccc6)c54)c3)cc12. The van der Waals surface area contributed by atoms with Crippen LogP contribution in [0.1, 0.15) is 25.0 Å². The van der Waals surface area contributed by atoms with Crippen LogP contribution in [0.4, 0.5) is 0 Å². The van der Waals surface area contributed by atoms with Crippen LogP contribution in [0.2, 0.25) is 0 Å². The second-order valence-corrected chi connectivity index (χ2v) is 14.2. The molecule has 0 fully saturated rings. The molecule has 3 aromatic heterocycles. The summed E-state index contributed by atoms with van der Waals surface area (Å²) in [5.74, 6) is 2.54. The summed E-state index contributed by atoms with van der Waals surface area (Å²) in [7, 11) is 3.43. The third kappa shape index (κ3) is 5.28. The zero-order chi connectivity index (χ0) is 35.4. The van der Waals surface area contributed by atoms with Gasteiger partial charge in [-0.25, -0.2) is 4.98 Å². The number of aromatic amines is 1. The standard InChI is InChI=1S/C47H39N3O2/c1-47(2,29-30-24-40(32-14-9-6-10-15-32)45-41(25-30)37-20-18-34(51-3)27-42(37)49-45)33-22-23-48-44(26-33)50-43-28-35(52-4)19-21-38(43)39-17-11-16-36(46(39)50)31-12-7-5-8-13-31/h5-28,49H,29H2,1-4H3. The molecule has 0 unspecified atom stereocenters. The average Bonchev–Trinajstić information content (AvgIpc) is 3.73. The van der Waals surface area contributed by atoms with Crippen LogP contribution in [0.15, 0.2) is 146 Å². The summed E-state index contributed by atoms with van der Waals surface area (Å²) in [6.45, 7) is 4.67. The number of aromatic nitrogens is 3.